The average molecular weight is 317 g/mol. The lowest BCUT2D eigenvalue weighted by atomic mass is 10.1. The maximum Gasteiger partial charge on any atom is 0.414 e. The number of hydrogen-bond donors (Lipinski definition) is 1. The standard InChI is InChI=1S/C10H8NO5PS2/c12-19(13)11-15-17(18,16-19)14-10-7-3-5-8-4-1-2-6-9(8)10/h1-7,11H. The highest BCUT2D eigenvalue weighted by molar-refractivity contribution is 8.12. The summed E-state index contributed by atoms with van der Waals surface area (Å²) in [6.07, 6.45) is 0. The smallest absolute Gasteiger partial charge is 0.414 e. The first-order chi connectivity index (χ1) is 8.98. The van der Waals surface area contributed by atoms with Crippen LogP contribution in [0.2, 0.25) is 0 Å². The summed E-state index contributed by atoms with van der Waals surface area (Å²) < 4.78 is 37.1. The minimum atomic E-state index is -3.98. The van der Waals surface area contributed by atoms with Crippen LogP contribution in [0.5, 0.6) is 5.75 Å². The van der Waals surface area contributed by atoms with Gasteiger partial charge in [0.2, 0.25) is 0 Å². The third-order valence-electron chi connectivity index (χ3n) is 2.40. The molecule has 1 atom stereocenters. The topological polar surface area (TPSA) is 73.9 Å². The molecule has 1 fully saturated rings. The molecule has 1 N–H and O–H groups in total. The molecule has 1 saturated heterocycles. The Balaban J connectivity index is 2.01. The summed E-state index contributed by atoms with van der Waals surface area (Å²) in [5.41, 5.74) is 0. The maximum absolute atomic E-state index is 11.1. The monoisotopic (exact) mass is 317 g/mol. The predicted octanol–water partition coefficient (Wildman–Crippen LogP) is 2.24. The van der Waals surface area contributed by atoms with E-state index in [2.05, 4.69) is 3.97 Å². The highest BCUT2D eigenvalue weighted by atomic mass is 32.5. The quantitative estimate of drug-likeness (QED) is 0.856. The van der Waals surface area contributed by atoms with Crippen LogP contribution in [0.25, 0.3) is 10.8 Å². The summed E-state index contributed by atoms with van der Waals surface area (Å²) in [7, 11) is -3.98. The lowest BCUT2D eigenvalue weighted by Gasteiger charge is -2.13. The van der Waals surface area contributed by atoms with E-state index in [9.17, 15) is 8.42 Å². The van der Waals surface area contributed by atoms with Crippen LogP contribution in [-0.4, -0.2) is 8.42 Å². The molecule has 0 bridgehead atoms. The average Bonchev–Trinajstić information content (AvgIpc) is 2.64. The Kier molecular flexibility index (Phi) is 3.09. The van der Waals surface area contributed by atoms with E-state index in [1.165, 1.54) is 0 Å². The largest absolute Gasteiger partial charge is 0.422 e. The second-order valence-electron chi connectivity index (χ2n) is 3.72. The van der Waals surface area contributed by atoms with Gasteiger partial charge in [-0.25, -0.2) is 0 Å². The van der Waals surface area contributed by atoms with Crippen molar-refractivity contribution < 1.29 is 21.5 Å². The molecule has 0 amide bonds. The van der Waals surface area contributed by atoms with E-state index in [4.69, 9.17) is 21.0 Å². The van der Waals surface area contributed by atoms with Gasteiger partial charge >= 0.3 is 17.0 Å². The maximum atomic E-state index is 11.1. The van der Waals surface area contributed by atoms with Crippen LogP contribution in [0.1, 0.15) is 0 Å². The van der Waals surface area contributed by atoms with Crippen molar-refractivity contribution in [2.24, 2.45) is 0 Å². The highest BCUT2D eigenvalue weighted by Gasteiger charge is 2.39. The van der Waals surface area contributed by atoms with Gasteiger partial charge in [0.15, 0.2) is 0 Å². The second kappa shape index (κ2) is 4.52. The fraction of sp³-hybridized carbons (Fsp3) is 0. The summed E-state index contributed by atoms with van der Waals surface area (Å²) >= 11 is 4.96. The molecule has 19 heavy (non-hydrogen) atoms. The van der Waals surface area contributed by atoms with Crippen LogP contribution < -0.4 is 9.41 Å². The summed E-state index contributed by atoms with van der Waals surface area (Å²) in [5, 5.41) is 1.74. The molecule has 2 aromatic rings. The van der Waals surface area contributed by atoms with Crippen LogP contribution >= 0.6 is 6.72 Å². The Labute approximate surface area is 114 Å². The first-order valence-corrected chi connectivity index (χ1v) is 9.13. The molecule has 1 heterocycles. The van der Waals surface area contributed by atoms with Crippen LogP contribution in [0.15, 0.2) is 42.5 Å². The molecule has 1 unspecified atom stereocenters. The normalized spacial score (nSPS) is 25.5. The van der Waals surface area contributed by atoms with E-state index in [1.54, 1.807) is 17.0 Å². The Morgan fingerprint density at radius 2 is 1.89 bits per heavy atom. The van der Waals surface area contributed by atoms with Crippen LogP contribution in [0.3, 0.4) is 0 Å². The number of hydrogen-bond acceptors (Lipinski definition) is 6. The van der Waals surface area contributed by atoms with Crippen molar-refractivity contribution in [2.45, 2.75) is 0 Å². The fourth-order valence-electron chi connectivity index (χ4n) is 1.67. The Morgan fingerprint density at radius 1 is 1.16 bits per heavy atom. The van der Waals surface area contributed by atoms with Crippen LogP contribution in [0, 0.1) is 0 Å². The molecule has 0 aromatic heterocycles. The Bertz CT molecular complexity index is 786. The SMILES string of the molecule is O=S1(=O)NOP(=S)(Oc2cccc3ccccc23)O1. The van der Waals surface area contributed by atoms with E-state index in [0.717, 1.165) is 10.8 Å². The predicted molar refractivity (Wildman–Crippen MR) is 73.1 cm³/mol. The lowest BCUT2D eigenvalue weighted by molar-refractivity contribution is 0.274. The van der Waals surface area contributed by atoms with Crippen LogP contribution in [-0.2, 0) is 30.7 Å². The van der Waals surface area contributed by atoms with Crippen molar-refractivity contribution in [3.05, 3.63) is 42.5 Å². The molecule has 0 radical (unpaired) electrons. The summed E-state index contributed by atoms with van der Waals surface area (Å²) in [6.45, 7) is -3.38. The van der Waals surface area contributed by atoms with Gasteiger partial charge in [0.05, 0.1) is 0 Å². The summed E-state index contributed by atoms with van der Waals surface area (Å²) in [4.78, 5) is 1.72. The minimum absolute atomic E-state index is 0.417. The molecule has 2 aromatic carbocycles. The highest BCUT2D eigenvalue weighted by Crippen LogP contribution is 2.54. The molecule has 0 aliphatic carbocycles. The van der Waals surface area contributed by atoms with Crippen molar-refractivity contribution >= 4 is 39.6 Å². The molecular weight excluding hydrogens is 309 g/mol. The summed E-state index contributed by atoms with van der Waals surface area (Å²) in [5.74, 6) is 0.417. The van der Waals surface area contributed by atoms with E-state index in [-0.39, 0.29) is 0 Å². The zero-order valence-corrected chi connectivity index (χ0v) is 11.9. The molecule has 100 valence electrons. The first-order valence-electron chi connectivity index (χ1n) is 5.16. The second-order valence-corrected chi connectivity index (χ2v) is 7.99. The Hall–Kier alpha value is -1.02. The van der Waals surface area contributed by atoms with E-state index >= 15 is 0 Å². The molecule has 0 saturated carbocycles. The lowest BCUT2D eigenvalue weighted by Crippen LogP contribution is -2.12. The summed E-state index contributed by atoms with van der Waals surface area (Å²) in [6, 6.07) is 12.8. The Morgan fingerprint density at radius 3 is 2.63 bits per heavy atom. The number of fused-ring (bicyclic) bond motifs is 1. The molecule has 1 aliphatic heterocycles. The minimum Gasteiger partial charge on any atom is -0.422 e. The molecular formula is C10H8NO5PS2. The van der Waals surface area contributed by atoms with Gasteiger partial charge in [-0.2, -0.15) is 17.0 Å². The van der Waals surface area contributed by atoms with Crippen molar-refractivity contribution in [3.8, 4) is 5.75 Å². The van der Waals surface area contributed by atoms with Gasteiger partial charge in [-0.3, -0.25) is 0 Å². The van der Waals surface area contributed by atoms with Gasteiger partial charge in [-0.1, -0.05) is 41.3 Å². The van der Waals surface area contributed by atoms with Gasteiger partial charge in [0.25, 0.3) is 0 Å². The molecule has 3 rings (SSSR count). The van der Waals surface area contributed by atoms with E-state index in [0.29, 0.717) is 5.75 Å². The molecule has 1 aliphatic rings. The van der Waals surface area contributed by atoms with Crippen molar-refractivity contribution in [3.63, 3.8) is 0 Å². The van der Waals surface area contributed by atoms with Gasteiger partial charge in [-0.05, 0) is 11.5 Å². The van der Waals surface area contributed by atoms with Gasteiger partial charge in [0, 0.05) is 17.2 Å². The van der Waals surface area contributed by atoms with Crippen LogP contribution in [0.4, 0.5) is 0 Å². The zero-order chi connectivity index (χ0) is 13.5. The van der Waals surface area contributed by atoms with E-state index in [1.807, 2.05) is 30.3 Å². The molecule has 6 nitrogen and oxygen atoms in total. The van der Waals surface area contributed by atoms with Gasteiger partial charge in [-0.15, -0.1) is 0 Å². The van der Waals surface area contributed by atoms with Gasteiger partial charge in [0.1, 0.15) is 5.75 Å². The van der Waals surface area contributed by atoms with Crippen molar-refractivity contribution in [2.75, 3.05) is 0 Å². The number of nitrogens with one attached hydrogen (secondary N) is 1. The molecule has 0 spiro atoms. The zero-order valence-electron chi connectivity index (χ0n) is 9.35. The molecule has 9 heteroatoms. The van der Waals surface area contributed by atoms with Crippen molar-refractivity contribution in [1.82, 2.24) is 4.89 Å². The number of benzene rings is 2. The third-order valence-corrected chi connectivity index (χ3v) is 6.06. The third kappa shape index (κ3) is 2.64. The van der Waals surface area contributed by atoms with Gasteiger partial charge < -0.3 is 4.52 Å². The van der Waals surface area contributed by atoms with E-state index < -0.39 is 17.0 Å². The van der Waals surface area contributed by atoms with Crippen molar-refractivity contribution in [1.29, 1.82) is 0 Å². The first kappa shape index (κ1) is 13.0. The fourth-order valence-corrected chi connectivity index (χ4v) is 5.40. The number of rotatable bonds is 2.